The van der Waals surface area contributed by atoms with Gasteiger partial charge in [-0.2, -0.15) is 0 Å². The van der Waals surface area contributed by atoms with E-state index in [0.717, 1.165) is 11.1 Å². The van der Waals surface area contributed by atoms with Gasteiger partial charge in [0.15, 0.2) is 5.78 Å². The minimum atomic E-state index is -1.73. The van der Waals surface area contributed by atoms with Gasteiger partial charge >= 0.3 is 11.9 Å². The summed E-state index contributed by atoms with van der Waals surface area (Å²) in [4.78, 5) is 40.2. The highest BCUT2D eigenvalue weighted by molar-refractivity contribution is 6.02. The molecule has 0 spiro atoms. The molecule has 7 nitrogen and oxygen atoms in total. The van der Waals surface area contributed by atoms with Crippen LogP contribution < -0.4 is 4.74 Å². The Morgan fingerprint density at radius 2 is 1.37 bits per heavy atom. The zero-order valence-electron chi connectivity index (χ0n) is 21.5. The van der Waals surface area contributed by atoms with E-state index < -0.39 is 41.1 Å². The number of ketones is 1. The molecule has 1 aliphatic rings. The zero-order chi connectivity index (χ0) is 27.1. The molecule has 0 heterocycles. The van der Waals surface area contributed by atoms with Crippen molar-refractivity contribution in [1.82, 2.24) is 0 Å². The van der Waals surface area contributed by atoms with Gasteiger partial charge in [0.25, 0.3) is 0 Å². The average molecular weight is 517 g/mol. The van der Waals surface area contributed by atoms with Gasteiger partial charge in [-0.15, -0.1) is 0 Å². The smallest absolute Gasteiger partial charge is 0.317 e. The number of carbonyl (C=O) groups excluding carboxylic acids is 3. The van der Waals surface area contributed by atoms with Crippen LogP contribution in [0.4, 0.5) is 0 Å². The molecule has 1 fully saturated rings. The van der Waals surface area contributed by atoms with Crippen molar-refractivity contribution < 1.29 is 33.7 Å². The quantitative estimate of drug-likeness (QED) is 0.327. The van der Waals surface area contributed by atoms with Crippen LogP contribution >= 0.6 is 0 Å². The number of esters is 2. The molecule has 0 saturated heterocycles. The fourth-order valence-electron chi connectivity index (χ4n) is 5.01. The zero-order valence-corrected chi connectivity index (χ0v) is 21.5. The molecule has 0 unspecified atom stereocenters. The molecule has 1 saturated carbocycles. The molecular formula is C31H32O7. The van der Waals surface area contributed by atoms with Gasteiger partial charge in [-0.3, -0.25) is 14.4 Å². The second-order valence-corrected chi connectivity index (χ2v) is 9.67. The van der Waals surface area contributed by atoms with Crippen LogP contribution in [0.1, 0.15) is 42.9 Å². The molecule has 0 aromatic heterocycles. The molecule has 4 rings (SSSR count). The van der Waals surface area contributed by atoms with E-state index in [2.05, 4.69) is 0 Å². The first kappa shape index (κ1) is 27.1. The van der Waals surface area contributed by atoms with Crippen molar-refractivity contribution in [3.05, 3.63) is 102 Å². The summed E-state index contributed by atoms with van der Waals surface area (Å²) >= 11 is 0. The Balaban J connectivity index is 1.67. The van der Waals surface area contributed by atoms with Gasteiger partial charge in [-0.05, 0) is 42.7 Å². The monoisotopic (exact) mass is 516 g/mol. The second kappa shape index (κ2) is 12.0. The standard InChI is InChI=1S/C31H32O7/c1-3-36-24-16-14-23(15-17-24)26-27(29(33)37-19-21-10-6-4-7-11-21)25(32)18-31(2,35)28(26)30(34)38-20-22-12-8-5-9-13-22/h4-17,26-28,35H,3,18-20H2,1-2H3/t26-,27-,28-,31+/m1/s1. The van der Waals surface area contributed by atoms with Crippen LogP contribution in [-0.2, 0) is 37.1 Å². The molecule has 3 aromatic rings. The summed E-state index contributed by atoms with van der Waals surface area (Å²) in [6.07, 6.45) is -0.378. The van der Waals surface area contributed by atoms with Gasteiger partial charge in [0.2, 0.25) is 0 Å². The van der Waals surface area contributed by atoms with Crippen LogP contribution in [0.3, 0.4) is 0 Å². The van der Waals surface area contributed by atoms with Crippen LogP contribution in [0.25, 0.3) is 0 Å². The van der Waals surface area contributed by atoms with E-state index in [4.69, 9.17) is 14.2 Å². The maximum Gasteiger partial charge on any atom is 0.317 e. The average Bonchev–Trinajstić information content (AvgIpc) is 2.91. The van der Waals surface area contributed by atoms with Gasteiger partial charge in [0.1, 0.15) is 24.9 Å². The third kappa shape index (κ3) is 6.29. The van der Waals surface area contributed by atoms with Crippen LogP contribution in [-0.4, -0.2) is 35.0 Å². The maximum absolute atomic E-state index is 13.5. The minimum absolute atomic E-state index is 0.000677. The molecule has 0 radical (unpaired) electrons. The topological polar surface area (TPSA) is 99.1 Å². The predicted molar refractivity (Wildman–Crippen MR) is 140 cm³/mol. The first-order valence-electron chi connectivity index (χ1n) is 12.7. The van der Waals surface area contributed by atoms with Crippen molar-refractivity contribution in [2.45, 2.75) is 45.0 Å². The molecule has 38 heavy (non-hydrogen) atoms. The van der Waals surface area contributed by atoms with Crippen molar-refractivity contribution in [1.29, 1.82) is 0 Å². The van der Waals surface area contributed by atoms with Gasteiger partial charge in [0, 0.05) is 12.3 Å². The molecule has 7 heteroatoms. The van der Waals surface area contributed by atoms with Crippen LogP contribution in [0.2, 0.25) is 0 Å². The third-order valence-electron chi connectivity index (χ3n) is 6.80. The normalized spacial score (nSPS) is 22.9. The Morgan fingerprint density at radius 3 is 1.89 bits per heavy atom. The molecule has 0 amide bonds. The number of carbonyl (C=O) groups is 3. The summed E-state index contributed by atoms with van der Waals surface area (Å²) in [7, 11) is 0. The highest BCUT2D eigenvalue weighted by atomic mass is 16.5. The number of ether oxygens (including phenoxy) is 3. The Hall–Kier alpha value is -3.97. The highest BCUT2D eigenvalue weighted by Crippen LogP contribution is 2.47. The van der Waals surface area contributed by atoms with Crippen molar-refractivity contribution >= 4 is 17.7 Å². The lowest BCUT2D eigenvalue weighted by molar-refractivity contribution is -0.174. The summed E-state index contributed by atoms with van der Waals surface area (Å²) in [6, 6.07) is 25.1. The van der Waals surface area contributed by atoms with Crippen molar-refractivity contribution in [3.8, 4) is 5.75 Å². The number of benzene rings is 3. The summed E-state index contributed by atoms with van der Waals surface area (Å²) in [6.45, 7) is 3.76. The number of hydrogen-bond acceptors (Lipinski definition) is 7. The minimum Gasteiger partial charge on any atom is -0.494 e. The van der Waals surface area contributed by atoms with E-state index in [1.165, 1.54) is 6.92 Å². The lowest BCUT2D eigenvalue weighted by Crippen LogP contribution is -2.55. The van der Waals surface area contributed by atoms with Gasteiger partial charge in [-0.1, -0.05) is 72.8 Å². The largest absolute Gasteiger partial charge is 0.494 e. The Bertz CT molecular complexity index is 1240. The van der Waals surface area contributed by atoms with Crippen LogP contribution in [0.5, 0.6) is 5.75 Å². The van der Waals surface area contributed by atoms with Crippen molar-refractivity contribution in [2.24, 2.45) is 11.8 Å². The summed E-state index contributed by atoms with van der Waals surface area (Å²) in [5.74, 6) is -4.77. The van der Waals surface area contributed by atoms with E-state index in [1.54, 1.807) is 24.3 Å². The second-order valence-electron chi connectivity index (χ2n) is 9.67. The Kier molecular flexibility index (Phi) is 8.59. The molecule has 4 atom stereocenters. The van der Waals surface area contributed by atoms with E-state index in [9.17, 15) is 19.5 Å². The number of hydrogen-bond donors (Lipinski definition) is 1. The van der Waals surface area contributed by atoms with E-state index in [0.29, 0.717) is 17.9 Å². The lowest BCUT2D eigenvalue weighted by Gasteiger charge is -2.43. The Morgan fingerprint density at radius 1 is 0.842 bits per heavy atom. The molecule has 0 aliphatic heterocycles. The molecule has 0 bridgehead atoms. The first-order valence-corrected chi connectivity index (χ1v) is 12.7. The maximum atomic E-state index is 13.5. The van der Waals surface area contributed by atoms with Gasteiger partial charge < -0.3 is 19.3 Å². The summed E-state index contributed by atoms with van der Waals surface area (Å²) in [5.41, 5.74) is 0.353. The Labute approximate surface area is 222 Å². The van der Waals surface area contributed by atoms with Crippen molar-refractivity contribution in [2.75, 3.05) is 6.61 Å². The fraction of sp³-hybridized carbons (Fsp3) is 0.323. The first-order chi connectivity index (χ1) is 18.3. The van der Waals surface area contributed by atoms with Gasteiger partial charge in [0.05, 0.1) is 18.1 Å². The number of aliphatic hydroxyl groups is 1. The van der Waals surface area contributed by atoms with Crippen LogP contribution in [0, 0.1) is 11.8 Å². The molecular weight excluding hydrogens is 484 g/mol. The molecule has 1 aliphatic carbocycles. The summed E-state index contributed by atoms with van der Waals surface area (Å²) < 4.78 is 16.7. The van der Waals surface area contributed by atoms with Crippen molar-refractivity contribution in [3.63, 3.8) is 0 Å². The van der Waals surface area contributed by atoms with Gasteiger partial charge in [-0.25, -0.2) is 0 Å². The highest BCUT2D eigenvalue weighted by Gasteiger charge is 2.57. The predicted octanol–water partition coefficient (Wildman–Crippen LogP) is 4.61. The number of Topliss-reactive ketones (excluding diaryl/α,β-unsaturated/α-hetero) is 1. The third-order valence-corrected chi connectivity index (χ3v) is 6.80. The molecule has 1 N–H and O–H groups in total. The lowest BCUT2D eigenvalue weighted by atomic mass is 9.61. The van der Waals surface area contributed by atoms with Crippen LogP contribution in [0.15, 0.2) is 84.9 Å². The van der Waals surface area contributed by atoms with E-state index in [1.807, 2.05) is 67.6 Å². The summed E-state index contributed by atoms with van der Waals surface area (Å²) in [5, 5.41) is 11.4. The number of rotatable bonds is 9. The SMILES string of the molecule is CCOc1ccc([C@@H]2[C@H](C(=O)OCc3ccccc3)C(=O)C[C@](C)(O)[C@H]2C(=O)OCc2ccccc2)cc1. The molecule has 198 valence electrons. The molecule has 3 aromatic carbocycles. The van der Waals surface area contributed by atoms with E-state index >= 15 is 0 Å². The fourth-order valence-corrected chi connectivity index (χ4v) is 5.01. The van der Waals surface area contributed by atoms with E-state index in [-0.39, 0.29) is 19.6 Å².